The van der Waals surface area contributed by atoms with Crippen molar-refractivity contribution in [1.29, 1.82) is 0 Å². The summed E-state index contributed by atoms with van der Waals surface area (Å²) in [5.74, 6) is 0.0278. The van der Waals surface area contributed by atoms with Gasteiger partial charge in [0.25, 0.3) is 0 Å². The molecule has 0 aromatic heterocycles. The third-order valence-electron chi connectivity index (χ3n) is 0.597. The Bertz CT molecular complexity index is 112. The molecule has 0 bridgehead atoms. The van der Waals surface area contributed by atoms with Crippen molar-refractivity contribution in [1.82, 2.24) is 0 Å². The molecule has 0 heterocycles. The zero-order valence-electron chi connectivity index (χ0n) is 6.02. The zero-order chi connectivity index (χ0) is 7.86. The molecule has 0 aliphatic carbocycles. The molecule has 9 heavy (non-hydrogen) atoms. The fraction of sp³-hybridized carbons (Fsp3) is 0.286. The van der Waals surface area contributed by atoms with Gasteiger partial charge in [0.15, 0.2) is 0 Å². The first-order valence-electron chi connectivity index (χ1n) is 2.51. The van der Waals surface area contributed by atoms with Gasteiger partial charge in [0.05, 0.1) is 0 Å². The van der Waals surface area contributed by atoms with Crippen molar-refractivity contribution in [2.45, 2.75) is 13.8 Å². The SMILES string of the molecule is C=C.C=NC(O)=C(C)C. The Kier molecular flexibility index (Phi) is 8.38. The van der Waals surface area contributed by atoms with Crippen molar-refractivity contribution in [2.75, 3.05) is 0 Å². The summed E-state index contributed by atoms with van der Waals surface area (Å²) >= 11 is 0. The van der Waals surface area contributed by atoms with Crippen LogP contribution in [0.2, 0.25) is 0 Å². The van der Waals surface area contributed by atoms with Crippen LogP contribution in [0.15, 0.2) is 29.6 Å². The molecule has 0 radical (unpaired) electrons. The topological polar surface area (TPSA) is 32.6 Å². The van der Waals surface area contributed by atoms with Crippen LogP contribution in [0.3, 0.4) is 0 Å². The third-order valence-corrected chi connectivity index (χ3v) is 0.597. The quantitative estimate of drug-likeness (QED) is 0.327. The lowest BCUT2D eigenvalue weighted by molar-refractivity contribution is 0.401. The molecule has 52 valence electrons. The second-order valence-corrected chi connectivity index (χ2v) is 1.48. The molecule has 0 saturated heterocycles. The van der Waals surface area contributed by atoms with Crippen LogP contribution in [-0.2, 0) is 0 Å². The first-order valence-corrected chi connectivity index (χ1v) is 2.51. The van der Waals surface area contributed by atoms with Gasteiger partial charge in [-0.25, -0.2) is 4.99 Å². The van der Waals surface area contributed by atoms with Gasteiger partial charge in [0.1, 0.15) is 0 Å². The van der Waals surface area contributed by atoms with Crippen LogP contribution in [0.25, 0.3) is 0 Å². The molecule has 0 spiro atoms. The Hall–Kier alpha value is -1.05. The average Bonchev–Trinajstić information content (AvgIpc) is 1.91. The minimum absolute atomic E-state index is 0.0278. The molecular weight excluding hydrogens is 114 g/mol. The van der Waals surface area contributed by atoms with Crippen LogP contribution in [0.1, 0.15) is 13.8 Å². The monoisotopic (exact) mass is 127 g/mol. The second-order valence-electron chi connectivity index (χ2n) is 1.48. The number of rotatable bonds is 1. The van der Waals surface area contributed by atoms with Gasteiger partial charge in [-0.3, -0.25) is 0 Å². The largest absolute Gasteiger partial charge is 0.493 e. The van der Waals surface area contributed by atoms with E-state index in [-0.39, 0.29) is 5.88 Å². The summed E-state index contributed by atoms with van der Waals surface area (Å²) < 4.78 is 0. The van der Waals surface area contributed by atoms with E-state index in [1.807, 2.05) is 0 Å². The standard InChI is InChI=1S/C5H9NO.C2H4/c1-4(2)5(7)6-3;1-2/h7H,3H2,1-2H3;1-2H2. The van der Waals surface area contributed by atoms with Gasteiger partial charge < -0.3 is 5.11 Å². The fourth-order valence-electron chi connectivity index (χ4n) is 0.158. The van der Waals surface area contributed by atoms with Crippen molar-refractivity contribution in [3.05, 3.63) is 24.6 Å². The Morgan fingerprint density at radius 2 is 1.67 bits per heavy atom. The predicted octanol–water partition coefficient (Wildman–Crippen LogP) is 2.30. The van der Waals surface area contributed by atoms with Crippen LogP contribution in [-0.4, -0.2) is 11.8 Å². The van der Waals surface area contributed by atoms with Gasteiger partial charge in [-0.1, -0.05) is 0 Å². The molecule has 0 aliphatic heterocycles. The van der Waals surface area contributed by atoms with Crippen molar-refractivity contribution >= 4 is 6.72 Å². The lowest BCUT2D eigenvalue weighted by Gasteiger charge is -1.88. The minimum atomic E-state index is 0.0278. The van der Waals surface area contributed by atoms with Crippen LogP contribution in [0.4, 0.5) is 0 Å². The molecule has 2 heteroatoms. The summed E-state index contributed by atoms with van der Waals surface area (Å²) in [7, 11) is 0. The van der Waals surface area contributed by atoms with Crippen molar-refractivity contribution < 1.29 is 5.11 Å². The van der Waals surface area contributed by atoms with Crippen molar-refractivity contribution in [3.63, 3.8) is 0 Å². The lowest BCUT2D eigenvalue weighted by Crippen LogP contribution is -1.75. The molecule has 2 nitrogen and oxygen atoms in total. The van der Waals surface area contributed by atoms with E-state index in [4.69, 9.17) is 5.11 Å². The molecular formula is C7H13NO. The highest BCUT2D eigenvalue weighted by atomic mass is 16.3. The highest BCUT2D eigenvalue weighted by Gasteiger charge is 1.84. The third kappa shape index (κ3) is 6.95. The van der Waals surface area contributed by atoms with Crippen LogP contribution in [0, 0.1) is 0 Å². The minimum Gasteiger partial charge on any atom is -0.493 e. The van der Waals surface area contributed by atoms with E-state index < -0.39 is 0 Å². The van der Waals surface area contributed by atoms with Gasteiger partial charge >= 0.3 is 0 Å². The smallest absolute Gasteiger partial charge is 0.208 e. The Labute approximate surface area is 56.2 Å². The number of aliphatic hydroxyl groups is 1. The number of nitrogens with zero attached hydrogens (tertiary/aromatic N) is 1. The van der Waals surface area contributed by atoms with E-state index in [2.05, 4.69) is 24.9 Å². The van der Waals surface area contributed by atoms with Gasteiger partial charge in [0.2, 0.25) is 5.88 Å². The highest BCUT2D eigenvalue weighted by Crippen LogP contribution is 1.96. The Morgan fingerprint density at radius 1 is 1.33 bits per heavy atom. The predicted molar refractivity (Wildman–Crippen MR) is 41.8 cm³/mol. The van der Waals surface area contributed by atoms with E-state index in [0.29, 0.717) is 0 Å². The maximum atomic E-state index is 8.59. The molecule has 1 N–H and O–H groups in total. The van der Waals surface area contributed by atoms with Gasteiger partial charge in [-0.2, -0.15) is 0 Å². The molecule has 0 saturated carbocycles. The van der Waals surface area contributed by atoms with E-state index in [9.17, 15) is 0 Å². The van der Waals surface area contributed by atoms with E-state index in [0.717, 1.165) is 5.57 Å². The van der Waals surface area contributed by atoms with Crippen molar-refractivity contribution in [3.8, 4) is 0 Å². The van der Waals surface area contributed by atoms with Gasteiger partial charge in [-0.15, -0.1) is 13.2 Å². The first kappa shape index (κ1) is 10.8. The average molecular weight is 127 g/mol. The van der Waals surface area contributed by atoms with Crippen LogP contribution >= 0.6 is 0 Å². The number of aliphatic hydroxyl groups excluding tert-OH is 1. The lowest BCUT2D eigenvalue weighted by atomic mass is 10.4. The summed E-state index contributed by atoms with van der Waals surface area (Å²) in [6.45, 7) is 12.7. The molecule has 0 fully saturated rings. The molecule has 0 amide bonds. The number of aliphatic imine (C=N–C) groups is 1. The van der Waals surface area contributed by atoms with Crippen LogP contribution in [0.5, 0.6) is 0 Å². The Balaban J connectivity index is 0. The maximum Gasteiger partial charge on any atom is 0.208 e. The number of allylic oxidation sites excluding steroid dienone is 1. The summed E-state index contributed by atoms with van der Waals surface area (Å²) in [4.78, 5) is 3.27. The van der Waals surface area contributed by atoms with E-state index in [1.165, 1.54) is 0 Å². The zero-order valence-corrected chi connectivity index (χ0v) is 6.02. The highest BCUT2D eigenvalue weighted by molar-refractivity contribution is 5.27. The molecule has 0 aliphatic rings. The summed E-state index contributed by atoms with van der Waals surface area (Å²) in [6, 6.07) is 0. The molecule has 0 aromatic carbocycles. The Morgan fingerprint density at radius 3 is 1.67 bits per heavy atom. The molecule has 0 atom stereocenters. The summed E-state index contributed by atoms with van der Waals surface area (Å²) in [5.41, 5.74) is 0.787. The summed E-state index contributed by atoms with van der Waals surface area (Å²) in [6.07, 6.45) is 0. The molecule has 0 unspecified atom stereocenters. The number of hydrogen-bond acceptors (Lipinski definition) is 2. The maximum absolute atomic E-state index is 8.59. The second kappa shape index (κ2) is 6.95. The molecule has 0 aromatic rings. The number of hydrogen-bond donors (Lipinski definition) is 1. The molecule has 0 rings (SSSR count). The van der Waals surface area contributed by atoms with E-state index >= 15 is 0 Å². The first-order chi connectivity index (χ1) is 4.18. The summed E-state index contributed by atoms with van der Waals surface area (Å²) in [5, 5.41) is 8.59. The fourth-order valence-corrected chi connectivity index (χ4v) is 0.158. The van der Waals surface area contributed by atoms with Gasteiger partial charge in [0, 0.05) is 0 Å². The van der Waals surface area contributed by atoms with Crippen molar-refractivity contribution in [2.24, 2.45) is 4.99 Å². The van der Waals surface area contributed by atoms with E-state index in [1.54, 1.807) is 13.8 Å². The normalized spacial score (nSPS) is 6.44. The van der Waals surface area contributed by atoms with Crippen LogP contribution < -0.4 is 0 Å². The van der Waals surface area contributed by atoms with Gasteiger partial charge in [-0.05, 0) is 26.1 Å².